The largest absolute Gasteiger partial charge is 0.586 e. The van der Waals surface area contributed by atoms with E-state index < -0.39 is 6.29 Å². The van der Waals surface area contributed by atoms with Crippen molar-refractivity contribution in [3.63, 3.8) is 0 Å². The molecule has 6 rings (SSSR count). The van der Waals surface area contributed by atoms with Gasteiger partial charge in [-0.1, -0.05) is 43.3 Å². The Morgan fingerprint density at radius 2 is 1.72 bits per heavy atom. The number of anilines is 1. The van der Waals surface area contributed by atoms with Crippen LogP contribution >= 0.6 is 0 Å². The van der Waals surface area contributed by atoms with Gasteiger partial charge in [0.2, 0.25) is 0 Å². The third-order valence-electron chi connectivity index (χ3n) is 6.69. The summed E-state index contributed by atoms with van der Waals surface area (Å²) >= 11 is 0. The van der Waals surface area contributed by atoms with Gasteiger partial charge in [-0.2, -0.15) is 0 Å². The lowest BCUT2D eigenvalue weighted by molar-refractivity contribution is -0.286. The van der Waals surface area contributed by atoms with Crippen LogP contribution in [0.1, 0.15) is 36.5 Å². The number of fused-ring (bicyclic) bond motifs is 2. The highest BCUT2D eigenvalue weighted by Crippen LogP contribution is 2.43. The second kappa shape index (κ2) is 8.15. The zero-order chi connectivity index (χ0) is 25.0. The third kappa shape index (κ3) is 3.86. The highest BCUT2D eigenvalue weighted by molar-refractivity contribution is 5.98. The number of rotatable bonds is 3. The molecule has 0 bridgehead atoms. The van der Waals surface area contributed by atoms with Crippen molar-refractivity contribution in [2.75, 3.05) is 11.9 Å². The predicted molar refractivity (Wildman–Crippen MR) is 130 cm³/mol. The first-order valence-corrected chi connectivity index (χ1v) is 11.6. The number of ether oxygens (including phenoxy) is 3. The fraction of sp³-hybridized carbons (Fsp3) is 0.222. The molecule has 2 N–H and O–H groups in total. The Labute approximate surface area is 206 Å². The number of urea groups is 1. The van der Waals surface area contributed by atoms with Gasteiger partial charge in [0.05, 0.1) is 12.2 Å². The van der Waals surface area contributed by atoms with E-state index in [0.717, 1.165) is 22.4 Å². The molecule has 2 unspecified atom stereocenters. The molecular weight excluding hydrogens is 468 g/mol. The maximum Gasteiger partial charge on any atom is 0.586 e. The van der Waals surface area contributed by atoms with E-state index in [4.69, 9.17) is 4.74 Å². The van der Waals surface area contributed by atoms with Gasteiger partial charge in [-0.15, -0.1) is 8.78 Å². The number of carbonyl (C=O) groups excluding carboxylic acids is 1. The van der Waals surface area contributed by atoms with Crippen molar-refractivity contribution in [3.8, 4) is 17.2 Å². The van der Waals surface area contributed by atoms with E-state index in [1.165, 1.54) is 17.1 Å². The molecule has 7 nitrogen and oxygen atoms in total. The van der Waals surface area contributed by atoms with Gasteiger partial charge in [0.25, 0.3) is 0 Å². The van der Waals surface area contributed by atoms with Gasteiger partial charge in [-0.3, -0.25) is 5.43 Å². The molecule has 184 valence electrons. The lowest BCUT2D eigenvalue weighted by Gasteiger charge is -2.19. The molecule has 0 aromatic heterocycles. The Hall–Kier alpha value is -4.27. The summed E-state index contributed by atoms with van der Waals surface area (Å²) in [4.78, 5) is 13.2. The van der Waals surface area contributed by atoms with Gasteiger partial charge in [0.1, 0.15) is 11.9 Å². The Balaban J connectivity index is 1.27. The Kier molecular flexibility index (Phi) is 5.03. The van der Waals surface area contributed by atoms with Crippen LogP contribution in [0.25, 0.3) is 11.3 Å². The normalized spacial score (nSPS) is 21.2. The molecule has 3 aliphatic heterocycles. The summed E-state index contributed by atoms with van der Waals surface area (Å²) < 4.78 is 42.1. The first-order valence-electron chi connectivity index (χ1n) is 11.6. The minimum atomic E-state index is -3.70. The fourth-order valence-corrected chi connectivity index (χ4v) is 4.65. The SMILES string of the molecule is CC1Oc2ccc(NC(=O)N3CC(c4ccc5c(c4)OC(F)(F)O5)=C(c4ccccc4)N3)cc2C1C. The molecule has 3 aromatic carbocycles. The molecule has 0 fully saturated rings. The Bertz CT molecular complexity index is 1390. The maximum atomic E-state index is 13.6. The number of benzene rings is 3. The van der Waals surface area contributed by atoms with Gasteiger partial charge < -0.3 is 19.5 Å². The average Bonchev–Trinajstić information content (AvgIpc) is 3.52. The predicted octanol–water partition coefficient (Wildman–Crippen LogP) is 5.81. The van der Waals surface area contributed by atoms with Crippen LogP contribution in [0.2, 0.25) is 0 Å². The fourth-order valence-electron chi connectivity index (χ4n) is 4.65. The van der Waals surface area contributed by atoms with E-state index >= 15 is 0 Å². The van der Waals surface area contributed by atoms with Crippen LogP contribution in [0, 0.1) is 0 Å². The molecule has 0 saturated heterocycles. The van der Waals surface area contributed by atoms with Crippen molar-refractivity contribution in [2.45, 2.75) is 32.2 Å². The minimum absolute atomic E-state index is 0.0321. The van der Waals surface area contributed by atoms with Crippen molar-refractivity contribution in [2.24, 2.45) is 0 Å². The number of amides is 2. The van der Waals surface area contributed by atoms with Crippen molar-refractivity contribution in [1.29, 1.82) is 0 Å². The molecule has 2 atom stereocenters. The minimum Gasteiger partial charge on any atom is -0.490 e. The topological polar surface area (TPSA) is 72.1 Å². The molecule has 0 radical (unpaired) electrons. The van der Waals surface area contributed by atoms with Gasteiger partial charge in [0.15, 0.2) is 11.5 Å². The lowest BCUT2D eigenvalue weighted by atomic mass is 9.98. The van der Waals surface area contributed by atoms with Gasteiger partial charge in [-0.05, 0) is 48.4 Å². The second-order valence-corrected chi connectivity index (χ2v) is 9.04. The van der Waals surface area contributed by atoms with E-state index in [-0.39, 0.29) is 36.1 Å². The highest BCUT2D eigenvalue weighted by atomic mass is 19.3. The summed E-state index contributed by atoms with van der Waals surface area (Å²) in [6.07, 6.45) is -3.62. The van der Waals surface area contributed by atoms with Crippen LogP contribution in [0.5, 0.6) is 17.2 Å². The van der Waals surface area contributed by atoms with Gasteiger partial charge in [-0.25, -0.2) is 9.80 Å². The number of nitrogens with zero attached hydrogens (tertiary/aromatic N) is 1. The smallest absolute Gasteiger partial charge is 0.490 e. The molecule has 3 aliphatic rings. The monoisotopic (exact) mass is 491 g/mol. The molecule has 0 spiro atoms. The Morgan fingerprint density at radius 1 is 0.972 bits per heavy atom. The third-order valence-corrected chi connectivity index (χ3v) is 6.69. The highest BCUT2D eigenvalue weighted by Gasteiger charge is 2.43. The van der Waals surface area contributed by atoms with E-state index in [9.17, 15) is 13.6 Å². The maximum absolute atomic E-state index is 13.6. The second-order valence-electron chi connectivity index (χ2n) is 9.04. The van der Waals surface area contributed by atoms with Crippen molar-refractivity contribution in [3.05, 3.63) is 83.4 Å². The summed E-state index contributed by atoms with van der Waals surface area (Å²) in [6, 6.07) is 19.4. The Morgan fingerprint density at radius 3 is 2.53 bits per heavy atom. The quantitative estimate of drug-likeness (QED) is 0.484. The first kappa shape index (κ1) is 22.2. The molecule has 3 aromatic rings. The molecule has 3 heterocycles. The number of nitrogens with one attached hydrogen (secondary N) is 2. The summed E-state index contributed by atoms with van der Waals surface area (Å²) in [5.41, 5.74) is 7.82. The van der Waals surface area contributed by atoms with E-state index in [1.54, 1.807) is 6.07 Å². The number of alkyl halides is 2. The molecule has 2 amide bonds. The first-order chi connectivity index (χ1) is 17.3. The standard InChI is InChI=1S/C27H23F2N3O4/c1-15-16(2)34-22-11-9-19(13-20(15)22)30-26(33)32-14-21(25(31-32)17-6-4-3-5-7-17)18-8-10-23-24(12-18)36-27(28,29)35-23/h3-13,15-16,31H,14H2,1-2H3,(H,30,33). The summed E-state index contributed by atoms with van der Waals surface area (Å²) in [5, 5.41) is 4.39. The molecule has 0 aliphatic carbocycles. The molecule has 9 heteroatoms. The van der Waals surface area contributed by atoms with Gasteiger partial charge >= 0.3 is 12.3 Å². The summed E-state index contributed by atoms with van der Waals surface area (Å²) in [7, 11) is 0. The van der Waals surface area contributed by atoms with E-state index in [0.29, 0.717) is 16.9 Å². The van der Waals surface area contributed by atoms with Gasteiger partial charge in [0, 0.05) is 22.7 Å². The molecule has 36 heavy (non-hydrogen) atoms. The van der Waals surface area contributed by atoms with Crippen LogP contribution in [0.4, 0.5) is 19.3 Å². The lowest BCUT2D eigenvalue weighted by Crippen LogP contribution is -2.40. The number of hydrazine groups is 1. The van der Waals surface area contributed by atoms with Crippen molar-refractivity contribution in [1.82, 2.24) is 10.4 Å². The van der Waals surface area contributed by atoms with Crippen LogP contribution in [0.15, 0.2) is 66.7 Å². The zero-order valence-electron chi connectivity index (χ0n) is 19.5. The number of hydrogen-bond donors (Lipinski definition) is 2. The zero-order valence-corrected chi connectivity index (χ0v) is 19.5. The molecular formula is C27H23F2N3O4. The van der Waals surface area contributed by atoms with Crippen LogP contribution in [-0.4, -0.2) is 30.0 Å². The van der Waals surface area contributed by atoms with Crippen LogP contribution < -0.4 is 25.0 Å². The van der Waals surface area contributed by atoms with Crippen LogP contribution in [0.3, 0.4) is 0 Å². The summed E-state index contributed by atoms with van der Waals surface area (Å²) in [6.45, 7) is 4.31. The number of halogens is 2. The van der Waals surface area contributed by atoms with Crippen molar-refractivity contribution >= 4 is 23.0 Å². The van der Waals surface area contributed by atoms with E-state index in [1.807, 2.05) is 55.5 Å². The summed E-state index contributed by atoms with van der Waals surface area (Å²) in [5.74, 6) is 0.966. The number of carbonyl (C=O) groups is 1. The van der Waals surface area contributed by atoms with Crippen molar-refractivity contribution < 1.29 is 27.8 Å². The molecule has 0 saturated carbocycles. The average molecular weight is 491 g/mol. The number of hydrogen-bond acceptors (Lipinski definition) is 5. The van der Waals surface area contributed by atoms with E-state index in [2.05, 4.69) is 27.1 Å². The van der Waals surface area contributed by atoms with Crippen LogP contribution in [-0.2, 0) is 0 Å².